The summed E-state index contributed by atoms with van der Waals surface area (Å²) in [4.78, 5) is 0. The Morgan fingerprint density at radius 3 is 2.62 bits per heavy atom. The smallest absolute Gasteiger partial charge is 0.101 e. The maximum atomic E-state index is 11.6. The lowest BCUT2D eigenvalue weighted by Crippen LogP contribution is -1.99. The second kappa shape index (κ2) is 5.42. The summed E-state index contributed by atoms with van der Waals surface area (Å²) in [5, 5.41) is -0.0186. The van der Waals surface area contributed by atoms with Crippen molar-refractivity contribution in [2.24, 2.45) is 0 Å². The zero-order chi connectivity index (χ0) is 6.41. The van der Waals surface area contributed by atoms with Crippen LogP contribution in [-0.4, -0.2) is 11.9 Å². The molecule has 0 heterocycles. The van der Waals surface area contributed by atoms with E-state index in [1.807, 2.05) is 0 Å². The lowest BCUT2D eigenvalue weighted by molar-refractivity contribution is 0.466. The lowest BCUT2D eigenvalue weighted by Gasteiger charge is -2.01. The van der Waals surface area contributed by atoms with E-state index >= 15 is 0 Å². The monoisotopic (exact) mass is 136 g/mol. The van der Waals surface area contributed by atoms with Crippen molar-refractivity contribution >= 4 is 12.6 Å². The van der Waals surface area contributed by atoms with E-state index in [0.717, 1.165) is 19.3 Å². The quantitative estimate of drug-likeness (QED) is 0.564. The highest BCUT2D eigenvalue weighted by Crippen LogP contribution is 2.06. The van der Waals surface area contributed by atoms with Crippen LogP contribution in [0.15, 0.2) is 0 Å². The van der Waals surface area contributed by atoms with Crippen LogP contribution in [0.4, 0.5) is 4.39 Å². The van der Waals surface area contributed by atoms with Crippen LogP contribution in [-0.2, 0) is 0 Å². The van der Waals surface area contributed by atoms with Crippen LogP contribution in [0.5, 0.6) is 0 Å². The Labute approximate surface area is 55.9 Å². The first-order valence-electron chi connectivity index (χ1n) is 3.05. The van der Waals surface area contributed by atoms with Gasteiger partial charge >= 0.3 is 0 Å². The van der Waals surface area contributed by atoms with Crippen LogP contribution >= 0.6 is 12.6 Å². The molecule has 0 nitrogen and oxygen atoms in total. The van der Waals surface area contributed by atoms with Gasteiger partial charge in [0.1, 0.15) is 6.67 Å². The van der Waals surface area contributed by atoms with Gasteiger partial charge in [-0.1, -0.05) is 19.8 Å². The lowest BCUT2D eigenvalue weighted by atomic mass is 10.2. The van der Waals surface area contributed by atoms with E-state index in [9.17, 15) is 4.39 Å². The average Bonchev–Trinajstić information content (AvgIpc) is 1.83. The standard InChI is InChI=1S/C6H13FS/c1-2-3-4-6(8)5-7/h6,8H,2-5H2,1H3. The molecule has 1 unspecified atom stereocenters. The predicted molar refractivity (Wildman–Crippen MR) is 38.3 cm³/mol. The minimum Gasteiger partial charge on any atom is -0.250 e. The van der Waals surface area contributed by atoms with Crippen LogP contribution < -0.4 is 0 Å². The molecule has 8 heavy (non-hydrogen) atoms. The highest BCUT2D eigenvalue weighted by molar-refractivity contribution is 7.81. The zero-order valence-corrected chi connectivity index (χ0v) is 6.13. The third-order valence-corrected chi connectivity index (χ3v) is 1.47. The van der Waals surface area contributed by atoms with E-state index in [-0.39, 0.29) is 11.9 Å². The van der Waals surface area contributed by atoms with Crippen molar-refractivity contribution in [3.63, 3.8) is 0 Å². The average molecular weight is 136 g/mol. The van der Waals surface area contributed by atoms with Gasteiger partial charge in [-0.3, -0.25) is 0 Å². The van der Waals surface area contributed by atoms with Gasteiger partial charge in [-0.25, -0.2) is 4.39 Å². The Morgan fingerprint density at radius 2 is 2.25 bits per heavy atom. The third kappa shape index (κ3) is 4.44. The van der Waals surface area contributed by atoms with Crippen LogP contribution in [0.2, 0.25) is 0 Å². The molecule has 0 aromatic carbocycles. The number of alkyl halides is 1. The molecule has 0 saturated heterocycles. The van der Waals surface area contributed by atoms with Gasteiger partial charge in [0.2, 0.25) is 0 Å². The van der Waals surface area contributed by atoms with E-state index in [4.69, 9.17) is 0 Å². The molecule has 0 radical (unpaired) electrons. The van der Waals surface area contributed by atoms with Crippen molar-refractivity contribution in [1.82, 2.24) is 0 Å². The highest BCUT2D eigenvalue weighted by Gasteiger charge is 1.98. The second-order valence-electron chi connectivity index (χ2n) is 1.95. The molecule has 0 aliphatic rings. The number of halogens is 1. The maximum Gasteiger partial charge on any atom is 0.101 e. The molecule has 50 valence electrons. The fourth-order valence-corrected chi connectivity index (χ4v) is 0.699. The summed E-state index contributed by atoms with van der Waals surface area (Å²) in [6.45, 7) is 1.81. The largest absolute Gasteiger partial charge is 0.250 e. The van der Waals surface area contributed by atoms with Crippen molar-refractivity contribution in [1.29, 1.82) is 0 Å². The number of thiol groups is 1. The number of hydrogen-bond acceptors (Lipinski definition) is 1. The highest BCUT2D eigenvalue weighted by atomic mass is 32.1. The third-order valence-electron chi connectivity index (χ3n) is 1.07. The molecule has 0 N–H and O–H groups in total. The summed E-state index contributed by atoms with van der Waals surface area (Å²) in [6.07, 6.45) is 3.14. The Bertz CT molecular complexity index is 47.8. The van der Waals surface area contributed by atoms with Crippen LogP contribution in [0.3, 0.4) is 0 Å². The van der Waals surface area contributed by atoms with Gasteiger partial charge in [-0.05, 0) is 6.42 Å². The van der Waals surface area contributed by atoms with Gasteiger partial charge in [0.15, 0.2) is 0 Å². The molecule has 0 aliphatic carbocycles. The van der Waals surface area contributed by atoms with Crippen LogP contribution in [0.25, 0.3) is 0 Å². The molecule has 2 heteroatoms. The summed E-state index contributed by atoms with van der Waals surface area (Å²) in [5.41, 5.74) is 0. The Morgan fingerprint density at radius 1 is 1.62 bits per heavy atom. The molecular formula is C6H13FS. The molecule has 0 aliphatic heterocycles. The van der Waals surface area contributed by atoms with Crippen molar-refractivity contribution < 1.29 is 4.39 Å². The number of rotatable bonds is 4. The Hall–Kier alpha value is 0.280. The second-order valence-corrected chi connectivity index (χ2v) is 2.68. The van der Waals surface area contributed by atoms with Gasteiger partial charge < -0.3 is 0 Å². The fraction of sp³-hybridized carbons (Fsp3) is 1.00. The summed E-state index contributed by atoms with van der Waals surface area (Å²) in [6, 6.07) is 0. The number of unbranched alkanes of at least 4 members (excludes halogenated alkanes) is 1. The summed E-state index contributed by atoms with van der Waals surface area (Å²) >= 11 is 3.99. The van der Waals surface area contributed by atoms with E-state index in [0.29, 0.717) is 0 Å². The van der Waals surface area contributed by atoms with Crippen molar-refractivity contribution in [3.05, 3.63) is 0 Å². The topological polar surface area (TPSA) is 0 Å². The summed E-state index contributed by atoms with van der Waals surface area (Å²) in [7, 11) is 0. The zero-order valence-electron chi connectivity index (χ0n) is 5.23. The van der Waals surface area contributed by atoms with Crippen LogP contribution in [0, 0.1) is 0 Å². The molecule has 0 aromatic rings. The first-order chi connectivity index (χ1) is 3.81. The summed E-state index contributed by atoms with van der Waals surface area (Å²) < 4.78 is 11.6. The Balaban J connectivity index is 2.86. The normalized spacial score (nSPS) is 13.9. The van der Waals surface area contributed by atoms with Gasteiger partial charge in [0.25, 0.3) is 0 Å². The first kappa shape index (κ1) is 8.28. The predicted octanol–water partition coefficient (Wildman–Crippen LogP) is 2.44. The minimum absolute atomic E-state index is 0.0186. The van der Waals surface area contributed by atoms with Crippen molar-refractivity contribution in [2.45, 2.75) is 31.4 Å². The van der Waals surface area contributed by atoms with Crippen LogP contribution in [0.1, 0.15) is 26.2 Å². The van der Waals surface area contributed by atoms with E-state index < -0.39 is 0 Å². The molecule has 0 spiro atoms. The van der Waals surface area contributed by atoms with Crippen molar-refractivity contribution in [2.75, 3.05) is 6.67 Å². The van der Waals surface area contributed by atoms with Gasteiger partial charge in [-0.2, -0.15) is 12.6 Å². The van der Waals surface area contributed by atoms with Gasteiger partial charge in [-0.15, -0.1) is 0 Å². The molecule has 0 saturated carbocycles. The summed E-state index contributed by atoms with van der Waals surface area (Å²) in [5.74, 6) is 0. The molecule has 0 rings (SSSR count). The van der Waals surface area contributed by atoms with Gasteiger partial charge in [0.05, 0.1) is 0 Å². The van der Waals surface area contributed by atoms with E-state index in [2.05, 4.69) is 19.6 Å². The van der Waals surface area contributed by atoms with Gasteiger partial charge in [0, 0.05) is 5.25 Å². The molecule has 0 bridgehead atoms. The Kier molecular flexibility index (Phi) is 5.61. The number of hydrogen-bond donors (Lipinski definition) is 1. The molecule has 1 atom stereocenters. The fourth-order valence-electron chi connectivity index (χ4n) is 0.517. The maximum absolute atomic E-state index is 11.6. The molecular weight excluding hydrogens is 123 g/mol. The minimum atomic E-state index is -0.289. The first-order valence-corrected chi connectivity index (χ1v) is 3.57. The molecule has 0 amide bonds. The van der Waals surface area contributed by atoms with Crippen molar-refractivity contribution in [3.8, 4) is 0 Å². The molecule has 0 aromatic heterocycles. The SMILES string of the molecule is CCCCC(S)CF. The van der Waals surface area contributed by atoms with E-state index in [1.54, 1.807) is 0 Å². The molecule has 0 fully saturated rings. The van der Waals surface area contributed by atoms with E-state index in [1.165, 1.54) is 0 Å².